The minimum Gasteiger partial charge on any atom is -0.481 e. The van der Waals surface area contributed by atoms with Gasteiger partial charge in [-0.05, 0) is 5.56 Å². The molecule has 0 spiro atoms. The summed E-state index contributed by atoms with van der Waals surface area (Å²) < 4.78 is 0. The van der Waals surface area contributed by atoms with E-state index in [1.807, 2.05) is 0 Å². The first-order chi connectivity index (χ1) is 7.37. The minimum absolute atomic E-state index is 0.268. The van der Waals surface area contributed by atoms with Crippen LogP contribution >= 0.6 is 0 Å². The van der Waals surface area contributed by atoms with Gasteiger partial charge in [0.05, 0.1) is 11.0 Å². The molecule has 0 aromatic heterocycles. The van der Waals surface area contributed by atoms with Gasteiger partial charge in [-0.1, -0.05) is 37.3 Å². The van der Waals surface area contributed by atoms with Crippen molar-refractivity contribution in [3.63, 3.8) is 0 Å². The maximum absolute atomic E-state index is 11.2. The average molecular weight is 238 g/mol. The van der Waals surface area contributed by atoms with Crippen LogP contribution in [0, 0.1) is 0 Å². The molecule has 1 aromatic carbocycles. The normalized spacial score (nSPS) is 16.3. The number of rotatable bonds is 4. The van der Waals surface area contributed by atoms with Crippen LogP contribution in [0.15, 0.2) is 30.3 Å². The number of hydrogen-bond acceptors (Lipinski definition) is 2. The molecule has 0 bridgehead atoms. The van der Waals surface area contributed by atoms with E-state index < -0.39 is 22.9 Å². The molecule has 1 aromatic rings. The molecule has 0 aliphatic rings. The van der Waals surface area contributed by atoms with Crippen LogP contribution in [-0.2, 0) is 9.59 Å². The number of benzene rings is 1. The Kier molecular flexibility index (Phi) is 3.49. The number of carboxylic acid groups (broad SMARTS) is 2. The van der Waals surface area contributed by atoms with Crippen LogP contribution in [0.4, 0.5) is 0 Å². The SMILES string of the molecule is CC([SiH3])(C(=O)O)C(C(=O)O)c1ccccc1. The Balaban J connectivity index is 3.21. The number of hydrogen-bond donors (Lipinski definition) is 2. The van der Waals surface area contributed by atoms with Crippen LogP contribution in [0.2, 0.25) is 5.04 Å². The Morgan fingerprint density at radius 2 is 1.75 bits per heavy atom. The maximum Gasteiger partial charge on any atom is 0.311 e. The molecule has 86 valence electrons. The van der Waals surface area contributed by atoms with Crippen molar-refractivity contribution in [3.05, 3.63) is 35.9 Å². The molecule has 0 heterocycles. The molecule has 2 unspecified atom stereocenters. The van der Waals surface area contributed by atoms with Gasteiger partial charge in [0.15, 0.2) is 0 Å². The third-order valence-corrected chi connectivity index (χ3v) is 3.66. The van der Waals surface area contributed by atoms with Crippen LogP contribution in [0.25, 0.3) is 0 Å². The second-order valence-corrected chi connectivity index (χ2v) is 6.29. The van der Waals surface area contributed by atoms with Gasteiger partial charge in [0.2, 0.25) is 0 Å². The zero-order valence-corrected chi connectivity index (χ0v) is 11.2. The summed E-state index contributed by atoms with van der Waals surface area (Å²) in [6.45, 7) is 1.48. The summed E-state index contributed by atoms with van der Waals surface area (Å²) in [5.41, 5.74) is 0.537. The van der Waals surface area contributed by atoms with Gasteiger partial charge in [0.25, 0.3) is 0 Å². The van der Waals surface area contributed by atoms with Gasteiger partial charge in [-0.2, -0.15) is 0 Å². The zero-order valence-electron chi connectivity index (χ0n) is 9.18. The predicted molar refractivity (Wildman–Crippen MR) is 62.8 cm³/mol. The summed E-state index contributed by atoms with van der Waals surface area (Å²) in [4.78, 5) is 22.3. The van der Waals surface area contributed by atoms with Gasteiger partial charge in [-0.25, -0.2) is 0 Å². The fourth-order valence-corrected chi connectivity index (χ4v) is 2.22. The van der Waals surface area contributed by atoms with Crippen molar-refractivity contribution in [3.8, 4) is 0 Å². The highest BCUT2D eigenvalue weighted by atomic mass is 28.1. The van der Waals surface area contributed by atoms with Crippen LogP contribution < -0.4 is 0 Å². The molecule has 1 rings (SSSR count). The average Bonchev–Trinajstić information content (AvgIpc) is 2.18. The molecule has 5 heteroatoms. The summed E-state index contributed by atoms with van der Waals surface area (Å²) in [6.07, 6.45) is 0. The molecule has 0 fully saturated rings. The van der Waals surface area contributed by atoms with Gasteiger partial charge in [-0.15, -0.1) is 0 Å². The van der Waals surface area contributed by atoms with Crippen molar-refractivity contribution in [2.75, 3.05) is 0 Å². The lowest BCUT2D eigenvalue weighted by Crippen LogP contribution is -2.33. The van der Waals surface area contributed by atoms with Crippen LogP contribution in [0.5, 0.6) is 0 Å². The highest BCUT2D eigenvalue weighted by Gasteiger charge is 2.42. The number of carboxylic acids is 2. The third kappa shape index (κ3) is 2.30. The number of carbonyl (C=O) groups is 2. The second kappa shape index (κ2) is 4.48. The molecule has 4 nitrogen and oxygen atoms in total. The Morgan fingerprint density at radius 1 is 1.25 bits per heavy atom. The molecule has 0 aliphatic carbocycles. The van der Waals surface area contributed by atoms with Crippen molar-refractivity contribution in [2.45, 2.75) is 17.9 Å². The van der Waals surface area contributed by atoms with E-state index in [-0.39, 0.29) is 10.2 Å². The van der Waals surface area contributed by atoms with Crippen LogP contribution in [-0.4, -0.2) is 32.4 Å². The summed E-state index contributed by atoms with van der Waals surface area (Å²) in [7, 11) is 0.268. The van der Waals surface area contributed by atoms with E-state index in [1.54, 1.807) is 30.3 Å². The molecular formula is C11H14O4Si. The molecular weight excluding hydrogens is 224 g/mol. The van der Waals surface area contributed by atoms with Crippen LogP contribution in [0.1, 0.15) is 18.4 Å². The Hall–Kier alpha value is -1.62. The quantitative estimate of drug-likeness (QED) is 0.748. The molecule has 16 heavy (non-hydrogen) atoms. The zero-order chi connectivity index (χ0) is 12.3. The summed E-state index contributed by atoms with van der Waals surface area (Å²) in [6, 6.07) is 8.50. The molecule has 0 saturated heterocycles. The topological polar surface area (TPSA) is 74.6 Å². The van der Waals surface area contributed by atoms with E-state index >= 15 is 0 Å². The van der Waals surface area contributed by atoms with E-state index in [4.69, 9.17) is 5.11 Å². The minimum atomic E-state index is -1.20. The molecule has 0 aliphatic heterocycles. The van der Waals surface area contributed by atoms with E-state index in [2.05, 4.69) is 0 Å². The van der Waals surface area contributed by atoms with Gasteiger partial charge in [0, 0.05) is 10.2 Å². The highest BCUT2D eigenvalue weighted by Crippen LogP contribution is 2.39. The van der Waals surface area contributed by atoms with Crippen LogP contribution in [0.3, 0.4) is 0 Å². The van der Waals surface area contributed by atoms with Gasteiger partial charge in [-0.3, -0.25) is 9.59 Å². The summed E-state index contributed by atoms with van der Waals surface area (Å²) in [5.74, 6) is -3.14. The first kappa shape index (κ1) is 12.4. The smallest absolute Gasteiger partial charge is 0.311 e. The van der Waals surface area contributed by atoms with E-state index in [1.165, 1.54) is 6.92 Å². The van der Waals surface area contributed by atoms with Crippen molar-refractivity contribution >= 4 is 22.2 Å². The lowest BCUT2D eigenvalue weighted by atomic mass is 9.86. The summed E-state index contributed by atoms with van der Waals surface area (Å²) in [5, 5.41) is 17.1. The second-order valence-electron chi connectivity index (χ2n) is 4.21. The predicted octanol–water partition coefficient (Wildman–Crippen LogP) is 0.483. The molecule has 0 amide bonds. The van der Waals surface area contributed by atoms with Crippen molar-refractivity contribution < 1.29 is 19.8 Å². The first-order valence-electron chi connectivity index (χ1n) is 4.88. The molecule has 2 atom stereocenters. The van der Waals surface area contributed by atoms with Gasteiger partial charge in [0.1, 0.15) is 0 Å². The van der Waals surface area contributed by atoms with E-state index in [0.29, 0.717) is 5.56 Å². The lowest BCUT2D eigenvalue weighted by Gasteiger charge is -2.27. The lowest BCUT2D eigenvalue weighted by molar-refractivity contribution is -0.148. The van der Waals surface area contributed by atoms with E-state index in [0.717, 1.165) is 0 Å². The first-order valence-corrected chi connectivity index (χ1v) is 5.88. The van der Waals surface area contributed by atoms with Gasteiger partial charge < -0.3 is 10.2 Å². The summed E-state index contributed by atoms with van der Waals surface area (Å²) >= 11 is 0. The highest BCUT2D eigenvalue weighted by molar-refractivity contribution is 6.28. The Bertz CT molecular complexity index is 400. The van der Waals surface area contributed by atoms with Crippen molar-refractivity contribution in [2.24, 2.45) is 0 Å². The largest absolute Gasteiger partial charge is 0.481 e. The maximum atomic E-state index is 11.2. The fraction of sp³-hybridized carbons (Fsp3) is 0.273. The number of aliphatic carboxylic acids is 2. The standard InChI is InChI=1S/C11H14O4Si/c1-11(16,10(14)15)8(9(12)13)7-5-3-2-4-6-7/h2-6,8H,1,16H3,(H,12,13)(H,14,15). The van der Waals surface area contributed by atoms with Gasteiger partial charge >= 0.3 is 11.9 Å². The molecule has 0 radical (unpaired) electrons. The monoisotopic (exact) mass is 238 g/mol. The fourth-order valence-electron chi connectivity index (χ4n) is 1.64. The van der Waals surface area contributed by atoms with Crippen molar-refractivity contribution in [1.29, 1.82) is 0 Å². The van der Waals surface area contributed by atoms with Crippen molar-refractivity contribution in [1.82, 2.24) is 0 Å². The molecule has 2 N–H and O–H groups in total. The Labute approximate surface area is 96.3 Å². The third-order valence-electron chi connectivity index (χ3n) is 2.65. The van der Waals surface area contributed by atoms with E-state index in [9.17, 15) is 14.7 Å². The molecule has 0 saturated carbocycles. The Morgan fingerprint density at radius 3 is 2.12 bits per heavy atom.